The Balaban J connectivity index is 2.23. The summed E-state index contributed by atoms with van der Waals surface area (Å²) in [5, 5.41) is 1.02. The summed E-state index contributed by atoms with van der Waals surface area (Å²) in [5.74, 6) is 0.370. The molecule has 2 aromatic carbocycles. The highest BCUT2D eigenvalue weighted by atomic mass is 35.5. The lowest BCUT2D eigenvalue weighted by molar-refractivity contribution is 0.436. The van der Waals surface area contributed by atoms with Gasteiger partial charge in [0.05, 0.1) is 5.02 Å². The van der Waals surface area contributed by atoms with Crippen LogP contribution in [0, 0.1) is 12.4 Å². The molecule has 4 heteroatoms. The topological polar surface area (TPSA) is 9.23 Å². The Hall–Kier alpha value is -1.25. The van der Waals surface area contributed by atoms with Crippen molar-refractivity contribution in [1.82, 2.24) is 0 Å². The standard InChI is InChI=1S/C14H8Cl2FO/c15-9-1-2-11(13(16)6-9)12-7-10(17)5-8-3-4-18-14(8)12/h1-2,4-7H,3H2. The van der Waals surface area contributed by atoms with Crippen LogP contribution in [0.3, 0.4) is 0 Å². The summed E-state index contributed by atoms with van der Waals surface area (Å²) in [6.45, 7) is 1.65. The summed E-state index contributed by atoms with van der Waals surface area (Å²) in [7, 11) is 0. The van der Waals surface area contributed by atoms with E-state index >= 15 is 0 Å². The highest BCUT2D eigenvalue weighted by Crippen LogP contribution is 2.41. The van der Waals surface area contributed by atoms with Crippen molar-refractivity contribution in [3.8, 4) is 16.9 Å². The number of halogens is 3. The zero-order valence-corrected chi connectivity index (χ0v) is 10.7. The molecule has 18 heavy (non-hydrogen) atoms. The second-order valence-electron chi connectivity index (χ2n) is 4.05. The van der Waals surface area contributed by atoms with Crippen LogP contribution in [-0.2, 0) is 6.42 Å². The number of benzene rings is 2. The molecule has 0 saturated heterocycles. The van der Waals surface area contributed by atoms with E-state index in [9.17, 15) is 4.39 Å². The Labute approximate surface area is 114 Å². The van der Waals surface area contributed by atoms with Gasteiger partial charge < -0.3 is 4.74 Å². The van der Waals surface area contributed by atoms with Crippen LogP contribution in [0.1, 0.15) is 5.56 Å². The first-order chi connectivity index (χ1) is 8.65. The van der Waals surface area contributed by atoms with E-state index in [1.54, 1.807) is 24.8 Å². The highest BCUT2D eigenvalue weighted by Gasteiger charge is 2.20. The quantitative estimate of drug-likeness (QED) is 0.723. The molecule has 1 aliphatic rings. The second-order valence-corrected chi connectivity index (χ2v) is 4.90. The second kappa shape index (κ2) is 4.45. The van der Waals surface area contributed by atoms with Crippen molar-refractivity contribution in [3.05, 3.63) is 58.4 Å². The van der Waals surface area contributed by atoms with Crippen LogP contribution < -0.4 is 4.74 Å². The predicted molar refractivity (Wildman–Crippen MR) is 70.5 cm³/mol. The average molecular weight is 282 g/mol. The SMILES string of the molecule is Fc1cc2c(c(-c3ccc(Cl)cc3Cl)c1)O[CH]C2. The monoisotopic (exact) mass is 281 g/mol. The maximum atomic E-state index is 13.6. The lowest BCUT2D eigenvalue weighted by Gasteiger charge is -2.10. The molecule has 0 fully saturated rings. The van der Waals surface area contributed by atoms with Gasteiger partial charge in [0.1, 0.15) is 18.2 Å². The Morgan fingerprint density at radius 2 is 1.89 bits per heavy atom. The molecular weight excluding hydrogens is 274 g/mol. The molecule has 0 amide bonds. The van der Waals surface area contributed by atoms with E-state index in [1.165, 1.54) is 12.1 Å². The van der Waals surface area contributed by atoms with Crippen LogP contribution in [0.15, 0.2) is 30.3 Å². The maximum Gasteiger partial charge on any atom is 0.140 e. The number of hydrogen-bond acceptors (Lipinski definition) is 1. The minimum Gasteiger partial charge on any atom is -0.485 e. The third-order valence-electron chi connectivity index (χ3n) is 2.86. The number of fused-ring (bicyclic) bond motifs is 1. The average Bonchev–Trinajstić information content (AvgIpc) is 2.76. The van der Waals surface area contributed by atoms with E-state index in [-0.39, 0.29) is 5.82 Å². The zero-order valence-electron chi connectivity index (χ0n) is 9.21. The molecule has 1 nitrogen and oxygen atoms in total. The summed E-state index contributed by atoms with van der Waals surface area (Å²) in [6, 6.07) is 8.02. The van der Waals surface area contributed by atoms with Gasteiger partial charge in [-0.05, 0) is 24.3 Å². The van der Waals surface area contributed by atoms with Crippen molar-refractivity contribution in [1.29, 1.82) is 0 Å². The van der Waals surface area contributed by atoms with Gasteiger partial charge in [0, 0.05) is 28.1 Å². The molecule has 0 saturated carbocycles. The number of rotatable bonds is 1. The number of ether oxygens (including phenoxy) is 1. The lowest BCUT2D eigenvalue weighted by Crippen LogP contribution is -1.88. The molecule has 0 unspecified atom stereocenters. The molecular formula is C14H8Cl2FO. The molecule has 0 aromatic heterocycles. The van der Waals surface area contributed by atoms with Gasteiger partial charge in [-0.3, -0.25) is 0 Å². The molecule has 0 bridgehead atoms. The fourth-order valence-corrected chi connectivity index (χ4v) is 2.57. The van der Waals surface area contributed by atoms with Gasteiger partial charge in [-0.2, -0.15) is 0 Å². The van der Waals surface area contributed by atoms with Crippen molar-refractivity contribution >= 4 is 23.2 Å². The van der Waals surface area contributed by atoms with Gasteiger partial charge in [-0.15, -0.1) is 0 Å². The zero-order chi connectivity index (χ0) is 12.7. The van der Waals surface area contributed by atoms with E-state index in [0.29, 0.717) is 33.3 Å². The van der Waals surface area contributed by atoms with E-state index in [1.807, 2.05) is 0 Å². The summed E-state index contributed by atoms with van der Waals surface area (Å²) in [4.78, 5) is 0. The van der Waals surface area contributed by atoms with Crippen molar-refractivity contribution < 1.29 is 9.13 Å². The summed E-state index contributed by atoms with van der Waals surface area (Å²) in [6.07, 6.45) is 0.602. The number of hydrogen-bond donors (Lipinski definition) is 0. The van der Waals surface area contributed by atoms with Gasteiger partial charge in [-0.25, -0.2) is 4.39 Å². The molecule has 0 aliphatic carbocycles. The molecule has 0 N–H and O–H groups in total. The fraction of sp³-hybridized carbons (Fsp3) is 0.0714. The summed E-state index contributed by atoms with van der Waals surface area (Å²) < 4.78 is 19.0. The lowest BCUT2D eigenvalue weighted by atomic mass is 10.0. The maximum absolute atomic E-state index is 13.6. The van der Waals surface area contributed by atoms with Gasteiger partial charge in [0.15, 0.2) is 0 Å². The largest absolute Gasteiger partial charge is 0.485 e. The van der Waals surface area contributed by atoms with E-state index < -0.39 is 0 Å². The predicted octanol–water partition coefficient (Wildman–Crippen LogP) is 4.90. The highest BCUT2D eigenvalue weighted by molar-refractivity contribution is 6.36. The molecule has 0 atom stereocenters. The molecule has 1 radical (unpaired) electrons. The van der Waals surface area contributed by atoms with Crippen LogP contribution in [0.2, 0.25) is 10.0 Å². The van der Waals surface area contributed by atoms with Crippen LogP contribution in [-0.4, -0.2) is 0 Å². The summed E-state index contributed by atoms with van der Waals surface area (Å²) in [5.41, 5.74) is 2.20. The van der Waals surface area contributed by atoms with E-state index in [2.05, 4.69) is 0 Å². The van der Waals surface area contributed by atoms with Crippen molar-refractivity contribution in [2.45, 2.75) is 6.42 Å². The Morgan fingerprint density at radius 1 is 1.06 bits per heavy atom. The molecule has 0 spiro atoms. The minimum atomic E-state index is -0.298. The minimum absolute atomic E-state index is 0.298. The van der Waals surface area contributed by atoms with Crippen LogP contribution in [0.5, 0.6) is 5.75 Å². The van der Waals surface area contributed by atoms with Crippen LogP contribution >= 0.6 is 23.2 Å². The van der Waals surface area contributed by atoms with Crippen LogP contribution in [0.4, 0.5) is 4.39 Å². The van der Waals surface area contributed by atoms with Crippen molar-refractivity contribution in [2.24, 2.45) is 0 Å². The molecule has 91 valence electrons. The van der Waals surface area contributed by atoms with Crippen LogP contribution in [0.25, 0.3) is 11.1 Å². The van der Waals surface area contributed by atoms with Crippen molar-refractivity contribution in [3.63, 3.8) is 0 Å². The fourth-order valence-electron chi connectivity index (χ4n) is 2.06. The van der Waals surface area contributed by atoms with Gasteiger partial charge in [-0.1, -0.05) is 29.3 Å². The molecule has 3 rings (SSSR count). The van der Waals surface area contributed by atoms with Gasteiger partial charge >= 0.3 is 0 Å². The Kier molecular flexibility index (Phi) is 2.92. The first-order valence-corrected chi connectivity index (χ1v) is 6.17. The molecule has 1 heterocycles. The first kappa shape index (κ1) is 11.8. The third-order valence-corrected chi connectivity index (χ3v) is 3.40. The van der Waals surface area contributed by atoms with Crippen molar-refractivity contribution in [2.75, 3.05) is 0 Å². The van der Waals surface area contributed by atoms with Gasteiger partial charge in [0.25, 0.3) is 0 Å². The molecule has 2 aromatic rings. The third kappa shape index (κ3) is 1.96. The Bertz CT molecular complexity index is 625. The summed E-state index contributed by atoms with van der Waals surface area (Å²) >= 11 is 12.0. The van der Waals surface area contributed by atoms with E-state index in [0.717, 1.165) is 5.56 Å². The smallest absolute Gasteiger partial charge is 0.140 e. The first-order valence-electron chi connectivity index (χ1n) is 5.41. The van der Waals surface area contributed by atoms with Gasteiger partial charge in [0.2, 0.25) is 0 Å². The normalized spacial score (nSPS) is 13.3. The Morgan fingerprint density at radius 3 is 2.67 bits per heavy atom. The molecule has 1 aliphatic heterocycles. The van der Waals surface area contributed by atoms with E-state index in [4.69, 9.17) is 27.9 Å².